The van der Waals surface area contributed by atoms with Crippen LogP contribution in [0, 0.1) is 5.41 Å². The highest BCUT2D eigenvalue weighted by atomic mass is 16.6. The normalized spacial score (nSPS) is 17.6. The third kappa shape index (κ3) is 5.36. The summed E-state index contributed by atoms with van der Waals surface area (Å²) in [5.74, 6) is 1.19. The van der Waals surface area contributed by atoms with Crippen molar-refractivity contribution in [2.45, 2.75) is 51.8 Å². The van der Waals surface area contributed by atoms with E-state index in [0.717, 1.165) is 66.2 Å². The van der Waals surface area contributed by atoms with Gasteiger partial charge in [0.1, 0.15) is 22.8 Å². The van der Waals surface area contributed by atoms with Crippen LogP contribution in [0.2, 0.25) is 0 Å². The summed E-state index contributed by atoms with van der Waals surface area (Å²) in [6.07, 6.45) is 6.01. The highest BCUT2D eigenvalue weighted by molar-refractivity contribution is 5.82. The van der Waals surface area contributed by atoms with E-state index < -0.39 is 5.60 Å². The zero-order chi connectivity index (χ0) is 29.5. The first-order valence-electron chi connectivity index (χ1n) is 14.6. The van der Waals surface area contributed by atoms with Gasteiger partial charge < -0.3 is 15.4 Å². The molecule has 9 heteroatoms. The van der Waals surface area contributed by atoms with Crippen LogP contribution in [0.1, 0.15) is 46.2 Å². The Labute approximate surface area is 247 Å². The summed E-state index contributed by atoms with van der Waals surface area (Å²) in [4.78, 5) is 31.5. The molecule has 5 heterocycles. The molecule has 218 valence electrons. The number of imidazole rings is 1. The zero-order valence-corrected chi connectivity index (χ0v) is 24.7. The van der Waals surface area contributed by atoms with Crippen LogP contribution < -0.4 is 5.73 Å². The van der Waals surface area contributed by atoms with Crippen molar-refractivity contribution in [1.29, 1.82) is 0 Å². The Kier molecular flexibility index (Phi) is 7.22. The predicted molar refractivity (Wildman–Crippen MR) is 166 cm³/mol. The highest BCUT2D eigenvalue weighted by Gasteiger charge is 2.48. The Morgan fingerprint density at radius 2 is 1.81 bits per heavy atom. The Morgan fingerprint density at radius 1 is 1.07 bits per heavy atom. The third-order valence-corrected chi connectivity index (χ3v) is 8.34. The number of nitrogens with two attached hydrogens (primary N) is 1. The van der Waals surface area contributed by atoms with Gasteiger partial charge in [-0.15, -0.1) is 6.58 Å². The minimum atomic E-state index is -0.491. The maximum absolute atomic E-state index is 12.6. The number of hydrogen-bond donors (Lipinski definition) is 1. The van der Waals surface area contributed by atoms with E-state index in [1.54, 1.807) is 6.20 Å². The first kappa shape index (κ1) is 27.9. The van der Waals surface area contributed by atoms with Crippen LogP contribution in [0.25, 0.3) is 33.8 Å². The fourth-order valence-electron chi connectivity index (χ4n) is 6.22. The number of nitrogens with zero attached hydrogens (tertiary/aromatic N) is 6. The summed E-state index contributed by atoms with van der Waals surface area (Å²) >= 11 is 0. The van der Waals surface area contributed by atoms with Crippen molar-refractivity contribution in [2.75, 3.05) is 31.9 Å². The second-order valence-corrected chi connectivity index (χ2v) is 12.5. The number of benzene rings is 1. The summed E-state index contributed by atoms with van der Waals surface area (Å²) in [5.41, 5.74) is 10.4. The molecule has 2 saturated heterocycles. The monoisotopic (exact) mass is 565 g/mol. The molecule has 0 aliphatic carbocycles. The molecule has 1 unspecified atom stereocenters. The average molecular weight is 566 g/mol. The lowest BCUT2D eigenvalue weighted by Gasteiger charge is -2.56. The van der Waals surface area contributed by atoms with E-state index in [0.29, 0.717) is 18.9 Å². The Hall–Kier alpha value is -4.24. The van der Waals surface area contributed by atoms with E-state index in [-0.39, 0.29) is 17.7 Å². The largest absolute Gasteiger partial charge is 0.444 e. The fourth-order valence-corrected chi connectivity index (χ4v) is 6.22. The van der Waals surface area contributed by atoms with E-state index in [1.807, 2.05) is 74.2 Å². The average Bonchev–Trinajstić information content (AvgIpc) is 3.33. The smallest absolute Gasteiger partial charge is 0.410 e. The molecule has 0 bridgehead atoms. The number of fused-ring (bicyclic) bond motifs is 1. The van der Waals surface area contributed by atoms with Gasteiger partial charge in [0.25, 0.3) is 0 Å². The number of carbonyl (C=O) groups excluding carboxylic acids is 1. The van der Waals surface area contributed by atoms with Gasteiger partial charge in [0.2, 0.25) is 0 Å². The van der Waals surface area contributed by atoms with E-state index in [9.17, 15) is 4.79 Å². The van der Waals surface area contributed by atoms with E-state index in [2.05, 4.69) is 33.2 Å². The Bertz CT molecular complexity index is 1590. The summed E-state index contributed by atoms with van der Waals surface area (Å²) in [5, 5.41) is 0. The number of carbonyl (C=O) groups is 1. The molecule has 2 N–H and O–H groups in total. The van der Waals surface area contributed by atoms with Gasteiger partial charge in [0, 0.05) is 37.9 Å². The number of aromatic nitrogens is 4. The molecule has 1 amide bonds. The zero-order valence-electron chi connectivity index (χ0n) is 24.7. The van der Waals surface area contributed by atoms with Gasteiger partial charge >= 0.3 is 6.09 Å². The first-order valence-corrected chi connectivity index (χ1v) is 14.6. The number of ether oxygens (including phenoxy) is 1. The maximum Gasteiger partial charge on any atom is 0.410 e. The minimum Gasteiger partial charge on any atom is -0.444 e. The number of piperidine rings is 1. The lowest BCUT2D eigenvalue weighted by molar-refractivity contribution is -0.0856. The highest BCUT2D eigenvalue weighted by Crippen LogP contribution is 2.45. The molecule has 2 fully saturated rings. The molecule has 3 aromatic heterocycles. The molecule has 0 saturated carbocycles. The molecule has 9 nitrogen and oxygen atoms in total. The number of nitrogen functional groups attached to an aromatic ring is 1. The van der Waals surface area contributed by atoms with E-state index >= 15 is 0 Å². The Balaban J connectivity index is 1.32. The summed E-state index contributed by atoms with van der Waals surface area (Å²) in [6, 6.07) is 18.1. The molecule has 0 radical (unpaired) electrons. The van der Waals surface area contributed by atoms with Gasteiger partial charge in [-0.3, -0.25) is 9.47 Å². The first-order chi connectivity index (χ1) is 20.2. The predicted octanol–water partition coefficient (Wildman–Crippen LogP) is 6.15. The molecular weight excluding hydrogens is 526 g/mol. The van der Waals surface area contributed by atoms with Crippen molar-refractivity contribution in [3.8, 4) is 22.6 Å². The van der Waals surface area contributed by atoms with Crippen molar-refractivity contribution >= 4 is 23.1 Å². The van der Waals surface area contributed by atoms with Crippen LogP contribution in [0.15, 0.2) is 73.4 Å². The van der Waals surface area contributed by atoms with Crippen molar-refractivity contribution in [2.24, 2.45) is 5.41 Å². The second kappa shape index (κ2) is 10.9. The quantitative estimate of drug-likeness (QED) is 0.280. The van der Waals surface area contributed by atoms with Crippen LogP contribution in [0.3, 0.4) is 0 Å². The number of rotatable bonds is 6. The molecule has 6 rings (SSSR count). The molecule has 2 aliphatic rings. The van der Waals surface area contributed by atoms with Crippen LogP contribution in [-0.2, 0) is 4.74 Å². The molecule has 2 aliphatic heterocycles. The Morgan fingerprint density at radius 3 is 2.48 bits per heavy atom. The molecular formula is C33H39N7O2. The topological polar surface area (TPSA) is 102 Å². The van der Waals surface area contributed by atoms with Crippen molar-refractivity contribution in [1.82, 2.24) is 29.3 Å². The number of hydrogen-bond acceptors (Lipinski definition) is 7. The van der Waals surface area contributed by atoms with Crippen molar-refractivity contribution in [3.05, 3.63) is 73.4 Å². The number of amides is 1. The minimum absolute atomic E-state index is 0.0462. The third-order valence-electron chi connectivity index (χ3n) is 8.34. The number of pyridine rings is 2. The van der Waals surface area contributed by atoms with Crippen molar-refractivity contribution < 1.29 is 9.53 Å². The van der Waals surface area contributed by atoms with Gasteiger partial charge in [-0.2, -0.15) is 0 Å². The van der Waals surface area contributed by atoms with Gasteiger partial charge in [-0.1, -0.05) is 36.4 Å². The van der Waals surface area contributed by atoms with Gasteiger partial charge in [-0.05, 0) is 69.7 Å². The van der Waals surface area contributed by atoms with Crippen LogP contribution in [0.4, 0.5) is 10.6 Å². The van der Waals surface area contributed by atoms with Gasteiger partial charge in [0.05, 0.1) is 17.4 Å². The summed E-state index contributed by atoms with van der Waals surface area (Å²) in [7, 11) is 0. The van der Waals surface area contributed by atoms with Gasteiger partial charge in [-0.25, -0.2) is 19.7 Å². The number of likely N-dealkylation sites (tertiary alicyclic amines) is 2. The van der Waals surface area contributed by atoms with Crippen LogP contribution >= 0.6 is 0 Å². The van der Waals surface area contributed by atoms with Crippen LogP contribution in [0.5, 0.6) is 0 Å². The summed E-state index contributed by atoms with van der Waals surface area (Å²) < 4.78 is 7.84. The molecule has 4 aromatic rings. The van der Waals surface area contributed by atoms with Crippen LogP contribution in [-0.4, -0.2) is 67.2 Å². The summed E-state index contributed by atoms with van der Waals surface area (Å²) in [6.45, 7) is 13.1. The standard InChI is InChI=1S/C33H39N7O2/c1-5-10-27(39-21-33(22-39)16-19-38(20-17-33)31(41)42-32(2,3)4)40-29(24-13-9-18-35-28(24)34)37-26-15-14-25(36-30(26)40)23-11-7-6-8-12-23/h5-9,11-15,18,27H,1,10,16-17,19-22H2,2-4H3,(H2,34,35). The molecule has 1 spiro atoms. The lowest BCUT2D eigenvalue weighted by Crippen LogP contribution is -2.62. The van der Waals surface area contributed by atoms with E-state index in [4.69, 9.17) is 20.4 Å². The lowest BCUT2D eigenvalue weighted by atomic mass is 9.71. The molecule has 1 aromatic carbocycles. The second-order valence-electron chi connectivity index (χ2n) is 12.5. The van der Waals surface area contributed by atoms with E-state index in [1.165, 1.54) is 0 Å². The maximum atomic E-state index is 12.6. The fraction of sp³-hybridized carbons (Fsp3) is 0.394. The number of anilines is 1. The molecule has 42 heavy (non-hydrogen) atoms. The van der Waals surface area contributed by atoms with Gasteiger partial charge in [0.15, 0.2) is 5.65 Å². The van der Waals surface area contributed by atoms with Crippen molar-refractivity contribution in [3.63, 3.8) is 0 Å². The molecule has 1 atom stereocenters. The SMILES string of the molecule is C=CCC(N1CC2(CCN(C(=O)OC(C)(C)C)CC2)C1)n1c(-c2cccnc2N)nc2ccc(-c3ccccc3)nc21.